The number of halogens is 4. The number of thiophene rings is 1. The van der Waals surface area contributed by atoms with Gasteiger partial charge in [0.25, 0.3) is 0 Å². The first-order chi connectivity index (χ1) is 16.8. The van der Waals surface area contributed by atoms with Crippen molar-refractivity contribution in [2.24, 2.45) is 5.16 Å². The highest BCUT2D eigenvalue weighted by atomic mass is 32.1. The number of anilines is 1. The van der Waals surface area contributed by atoms with Crippen LogP contribution in [0.5, 0.6) is 0 Å². The van der Waals surface area contributed by atoms with Crippen molar-refractivity contribution >= 4 is 39.4 Å². The lowest BCUT2D eigenvalue weighted by Crippen LogP contribution is -2.36. The Morgan fingerprint density at radius 2 is 2.06 bits per heavy atom. The second-order valence-corrected chi connectivity index (χ2v) is 10.7. The average Bonchev–Trinajstić information content (AvgIpc) is 3.30. The maximum atomic E-state index is 14.8. The van der Waals surface area contributed by atoms with E-state index < -0.39 is 42.6 Å². The predicted molar refractivity (Wildman–Crippen MR) is 132 cm³/mol. The van der Waals surface area contributed by atoms with Gasteiger partial charge in [0, 0.05) is 6.54 Å². The third-order valence-electron chi connectivity index (χ3n) is 5.45. The van der Waals surface area contributed by atoms with E-state index in [1.54, 1.807) is 45.9 Å². The summed E-state index contributed by atoms with van der Waals surface area (Å²) < 4.78 is 60.7. The number of aliphatic hydroxyl groups is 1. The number of alkyl halides is 4. The number of hydrogen-bond acceptors (Lipinski definition) is 7. The Kier molecular flexibility index (Phi) is 8.71. The van der Waals surface area contributed by atoms with Gasteiger partial charge in [-0.1, -0.05) is 24.2 Å². The first kappa shape index (κ1) is 28.0. The maximum Gasteiger partial charge on any atom is 0.410 e. The van der Waals surface area contributed by atoms with E-state index in [2.05, 4.69) is 10.5 Å². The molecule has 36 heavy (non-hydrogen) atoms. The minimum atomic E-state index is -4.46. The van der Waals surface area contributed by atoms with Crippen LogP contribution in [-0.4, -0.2) is 72.1 Å². The number of fused-ring (bicyclic) bond motifs is 1. The Morgan fingerprint density at radius 3 is 2.69 bits per heavy atom. The zero-order valence-electron chi connectivity index (χ0n) is 20.6. The highest BCUT2D eigenvalue weighted by Gasteiger charge is 2.38. The number of amides is 1. The smallest absolute Gasteiger partial charge is 0.410 e. The average molecular weight is 534 g/mol. The predicted octanol–water partition coefficient (Wildman–Crippen LogP) is 5.50. The number of oxime groups is 1. The molecule has 1 aromatic carbocycles. The van der Waals surface area contributed by atoms with Gasteiger partial charge in [0.15, 0.2) is 0 Å². The quantitative estimate of drug-likeness (QED) is 0.266. The van der Waals surface area contributed by atoms with Crippen molar-refractivity contribution in [2.45, 2.75) is 70.6 Å². The third kappa shape index (κ3) is 7.45. The molecule has 12 heteroatoms. The topological polar surface area (TPSA) is 83.4 Å². The van der Waals surface area contributed by atoms with Crippen molar-refractivity contribution in [3.8, 4) is 0 Å². The van der Waals surface area contributed by atoms with Crippen molar-refractivity contribution in [1.82, 2.24) is 4.90 Å². The number of ether oxygens (including phenoxy) is 1. The Labute approximate surface area is 211 Å². The molecule has 200 valence electrons. The SMILES string of the molecule is CC[C@@H](O)CO/N=C/c1sc2c(N[C@@H]3CN(C(=O)OC(C)(C)C)C[C@@H]3F)cccc2c1CC(F)(F)F. The molecule has 1 aliphatic heterocycles. The molecule has 0 saturated carbocycles. The van der Waals surface area contributed by atoms with Crippen LogP contribution in [0.4, 0.5) is 28.0 Å². The molecule has 0 unspecified atom stereocenters. The van der Waals surface area contributed by atoms with Crippen molar-refractivity contribution < 1.29 is 37.0 Å². The summed E-state index contributed by atoms with van der Waals surface area (Å²) in [5.41, 5.74) is -0.225. The molecule has 2 N–H and O–H groups in total. The minimum absolute atomic E-state index is 0.0353. The van der Waals surface area contributed by atoms with E-state index in [9.17, 15) is 27.5 Å². The molecule has 7 nitrogen and oxygen atoms in total. The molecule has 0 aliphatic carbocycles. The van der Waals surface area contributed by atoms with Crippen LogP contribution in [0.1, 0.15) is 44.6 Å². The van der Waals surface area contributed by atoms with Gasteiger partial charge >= 0.3 is 12.3 Å². The number of carbonyl (C=O) groups is 1. The van der Waals surface area contributed by atoms with Crippen LogP contribution in [0.3, 0.4) is 0 Å². The van der Waals surface area contributed by atoms with Crippen LogP contribution in [0.2, 0.25) is 0 Å². The molecule has 1 aliphatic rings. The van der Waals surface area contributed by atoms with E-state index >= 15 is 0 Å². The standard InChI is InChI=1S/C24H31F4N3O4S/c1-5-14(32)13-34-29-10-20-16(9-24(26,27)28)15-7-6-8-18(21(15)36-20)30-19-12-31(11-17(19)25)22(33)35-23(2,3)4/h6-8,10,14,17,19,30,32H,5,9,11-13H2,1-4H3/b29-10+/t14-,17+,19-/m1/s1. The van der Waals surface area contributed by atoms with Crippen LogP contribution in [0, 0.1) is 0 Å². The molecular formula is C24H31F4N3O4S. The summed E-state index contributed by atoms with van der Waals surface area (Å²) in [6.45, 7) is 6.75. The van der Waals surface area contributed by atoms with Gasteiger partial charge in [-0.05, 0) is 44.2 Å². The lowest BCUT2D eigenvalue weighted by molar-refractivity contribution is -0.126. The number of carbonyl (C=O) groups excluding carboxylic acids is 1. The second kappa shape index (κ2) is 11.2. The fourth-order valence-electron chi connectivity index (χ4n) is 3.70. The molecule has 1 amide bonds. The van der Waals surface area contributed by atoms with E-state index in [1.807, 2.05) is 0 Å². The van der Waals surface area contributed by atoms with Gasteiger partial charge in [-0.25, -0.2) is 9.18 Å². The van der Waals surface area contributed by atoms with E-state index in [0.29, 0.717) is 22.2 Å². The Morgan fingerprint density at radius 1 is 1.33 bits per heavy atom. The number of aliphatic hydroxyl groups excluding tert-OH is 1. The fraction of sp³-hybridized carbons (Fsp3) is 0.583. The van der Waals surface area contributed by atoms with Gasteiger partial charge in [-0.3, -0.25) is 0 Å². The first-order valence-corrected chi connectivity index (χ1v) is 12.4. The van der Waals surface area contributed by atoms with Crippen molar-refractivity contribution in [1.29, 1.82) is 0 Å². The summed E-state index contributed by atoms with van der Waals surface area (Å²) >= 11 is 1.07. The molecule has 3 rings (SSSR count). The number of nitrogens with zero attached hydrogens (tertiary/aromatic N) is 2. The summed E-state index contributed by atoms with van der Waals surface area (Å²) in [5.74, 6) is 0. The molecule has 0 spiro atoms. The molecule has 0 radical (unpaired) electrons. The minimum Gasteiger partial charge on any atom is -0.444 e. The summed E-state index contributed by atoms with van der Waals surface area (Å²) in [6, 6.07) is 4.08. The molecular weight excluding hydrogens is 502 g/mol. The van der Waals surface area contributed by atoms with Crippen LogP contribution >= 0.6 is 11.3 Å². The summed E-state index contributed by atoms with van der Waals surface area (Å²) in [5, 5.41) is 16.7. The molecule has 3 atom stereocenters. The molecule has 2 aromatic rings. The molecule has 1 fully saturated rings. The molecule has 1 saturated heterocycles. The highest BCUT2D eigenvalue weighted by Crippen LogP contribution is 2.39. The van der Waals surface area contributed by atoms with Crippen LogP contribution in [0.25, 0.3) is 10.1 Å². The summed E-state index contributed by atoms with van der Waals surface area (Å²) in [4.78, 5) is 18.9. The third-order valence-corrected chi connectivity index (χ3v) is 6.67. The van der Waals surface area contributed by atoms with E-state index in [1.165, 1.54) is 11.1 Å². The Balaban J connectivity index is 1.85. The zero-order valence-corrected chi connectivity index (χ0v) is 21.4. The lowest BCUT2D eigenvalue weighted by atomic mass is 10.1. The number of hydrogen-bond donors (Lipinski definition) is 2. The maximum absolute atomic E-state index is 14.8. The van der Waals surface area contributed by atoms with E-state index in [0.717, 1.165) is 11.3 Å². The van der Waals surface area contributed by atoms with Crippen molar-refractivity contribution in [3.05, 3.63) is 28.6 Å². The fourth-order valence-corrected chi connectivity index (χ4v) is 4.86. The Hall–Kier alpha value is -2.60. The summed E-state index contributed by atoms with van der Waals surface area (Å²) in [7, 11) is 0. The number of benzene rings is 1. The van der Waals surface area contributed by atoms with Crippen molar-refractivity contribution in [2.75, 3.05) is 25.0 Å². The lowest BCUT2D eigenvalue weighted by Gasteiger charge is -2.24. The zero-order chi connectivity index (χ0) is 26.7. The molecule has 1 aromatic heterocycles. The number of nitrogens with one attached hydrogen (secondary N) is 1. The van der Waals surface area contributed by atoms with Gasteiger partial charge in [0.2, 0.25) is 0 Å². The summed E-state index contributed by atoms with van der Waals surface area (Å²) in [6.07, 6.45) is -6.70. The largest absolute Gasteiger partial charge is 0.444 e. The van der Waals surface area contributed by atoms with Gasteiger partial charge in [-0.15, -0.1) is 11.3 Å². The highest BCUT2D eigenvalue weighted by molar-refractivity contribution is 7.21. The monoisotopic (exact) mass is 533 g/mol. The second-order valence-electron chi connectivity index (χ2n) is 9.66. The number of rotatable bonds is 8. The molecule has 0 bridgehead atoms. The number of likely N-dealkylation sites (tertiary alicyclic amines) is 1. The Bertz CT molecular complexity index is 1080. The van der Waals surface area contributed by atoms with Crippen LogP contribution in [0.15, 0.2) is 23.4 Å². The van der Waals surface area contributed by atoms with E-state index in [-0.39, 0.29) is 30.1 Å². The van der Waals surface area contributed by atoms with Crippen LogP contribution < -0.4 is 5.32 Å². The van der Waals surface area contributed by atoms with Crippen LogP contribution in [-0.2, 0) is 16.0 Å². The first-order valence-electron chi connectivity index (χ1n) is 11.6. The van der Waals surface area contributed by atoms with Gasteiger partial charge in [-0.2, -0.15) is 13.2 Å². The van der Waals surface area contributed by atoms with Gasteiger partial charge in [0.1, 0.15) is 18.4 Å². The molecule has 2 heterocycles. The van der Waals surface area contributed by atoms with Gasteiger partial charge < -0.3 is 24.9 Å². The van der Waals surface area contributed by atoms with E-state index in [4.69, 9.17) is 9.57 Å². The van der Waals surface area contributed by atoms with Gasteiger partial charge in [0.05, 0.1) is 46.6 Å². The normalized spacial score (nSPS) is 19.8. The van der Waals surface area contributed by atoms with Crippen molar-refractivity contribution in [3.63, 3.8) is 0 Å².